The van der Waals surface area contributed by atoms with Crippen LogP contribution in [0.15, 0.2) is 71.8 Å². The molecule has 3 aromatic rings. The van der Waals surface area contributed by atoms with Crippen LogP contribution in [0.4, 0.5) is 32.0 Å². The minimum Gasteiger partial charge on any atom is -0.497 e. The summed E-state index contributed by atoms with van der Waals surface area (Å²) in [6.07, 6.45) is -13.0. The highest BCUT2D eigenvalue weighted by Crippen LogP contribution is 2.49. The first-order chi connectivity index (χ1) is 17.8. The van der Waals surface area contributed by atoms with E-state index in [1.165, 1.54) is 32.4 Å². The number of anilines is 1. The quantitative estimate of drug-likeness (QED) is 0.325. The predicted octanol–water partition coefficient (Wildman–Crippen LogP) is 7.19. The SMILES string of the molecule is COc1ccc(OC)c(-c2ccc(C3CC(C(O)(C(F)(F)F)C(F)(F)F)=NN3c3ccccc3Cl)cc2)c1. The van der Waals surface area contributed by atoms with Crippen molar-refractivity contribution in [3.63, 3.8) is 0 Å². The summed E-state index contributed by atoms with van der Waals surface area (Å²) < 4.78 is 92.5. The summed E-state index contributed by atoms with van der Waals surface area (Å²) in [5.41, 5.74) is -4.87. The second kappa shape index (κ2) is 10.0. The molecule has 0 fully saturated rings. The number of benzene rings is 3. The summed E-state index contributed by atoms with van der Waals surface area (Å²) in [7, 11) is 2.99. The van der Waals surface area contributed by atoms with Gasteiger partial charge in [-0.2, -0.15) is 31.4 Å². The van der Waals surface area contributed by atoms with E-state index in [4.69, 9.17) is 21.1 Å². The lowest BCUT2D eigenvalue weighted by Crippen LogP contribution is -2.62. The van der Waals surface area contributed by atoms with Gasteiger partial charge in [-0.25, -0.2) is 0 Å². The second-order valence-corrected chi connectivity index (χ2v) is 8.86. The van der Waals surface area contributed by atoms with Gasteiger partial charge < -0.3 is 14.6 Å². The largest absolute Gasteiger partial charge is 0.497 e. The topological polar surface area (TPSA) is 54.3 Å². The molecule has 1 unspecified atom stereocenters. The van der Waals surface area contributed by atoms with Gasteiger partial charge in [0.1, 0.15) is 11.5 Å². The Hall–Kier alpha value is -3.44. The molecular formula is C26H21ClF6N2O3. The van der Waals surface area contributed by atoms with E-state index in [0.29, 0.717) is 28.2 Å². The molecule has 1 heterocycles. The number of aliphatic hydroxyl groups is 1. The Balaban J connectivity index is 1.79. The molecule has 0 aromatic heterocycles. The minimum absolute atomic E-state index is 0.0581. The van der Waals surface area contributed by atoms with E-state index < -0.39 is 36.1 Å². The Morgan fingerprint density at radius 2 is 1.53 bits per heavy atom. The van der Waals surface area contributed by atoms with Crippen molar-refractivity contribution >= 4 is 23.0 Å². The molecule has 1 N–H and O–H groups in total. The van der Waals surface area contributed by atoms with Crippen LogP contribution in [-0.4, -0.2) is 43.0 Å². The summed E-state index contributed by atoms with van der Waals surface area (Å²) in [6.45, 7) is 0. The van der Waals surface area contributed by atoms with E-state index in [1.54, 1.807) is 48.5 Å². The summed E-state index contributed by atoms with van der Waals surface area (Å²) in [5.74, 6) is 1.09. The van der Waals surface area contributed by atoms with E-state index in [1.807, 2.05) is 0 Å². The van der Waals surface area contributed by atoms with Gasteiger partial charge in [0.25, 0.3) is 5.60 Å². The number of alkyl halides is 6. The van der Waals surface area contributed by atoms with Crippen LogP contribution >= 0.6 is 11.6 Å². The zero-order chi connectivity index (χ0) is 27.9. The maximum Gasteiger partial charge on any atom is 0.431 e. The van der Waals surface area contributed by atoms with Crippen molar-refractivity contribution in [3.05, 3.63) is 77.3 Å². The first kappa shape index (κ1) is 27.6. The normalized spacial score (nSPS) is 16.4. The lowest BCUT2D eigenvalue weighted by Gasteiger charge is -2.32. The molecule has 3 aromatic carbocycles. The second-order valence-electron chi connectivity index (χ2n) is 8.46. The van der Waals surface area contributed by atoms with Gasteiger partial charge in [-0.3, -0.25) is 5.01 Å². The van der Waals surface area contributed by atoms with E-state index in [2.05, 4.69) is 5.10 Å². The number of methoxy groups -OCH3 is 2. The Bertz CT molecular complexity index is 1330. The average Bonchev–Trinajstić information content (AvgIpc) is 3.32. The number of hydrogen-bond acceptors (Lipinski definition) is 5. The van der Waals surface area contributed by atoms with Crippen LogP contribution in [0.2, 0.25) is 5.02 Å². The third kappa shape index (κ3) is 4.76. The molecule has 0 saturated carbocycles. The van der Waals surface area contributed by atoms with Crippen LogP contribution in [0, 0.1) is 0 Å². The summed E-state index contributed by atoms with van der Waals surface area (Å²) in [6, 6.07) is 16.3. The van der Waals surface area contributed by atoms with Crippen LogP contribution in [0.3, 0.4) is 0 Å². The van der Waals surface area contributed by atoms with E-state index in [9.17, 15) is 31.4 Å². The molecule has 12 heteroatoms. The van der Waals surface area contributed by atoms with Gasteiger partial charge in [0, 0.05) is 12.0 Å². The minimum atomic E-state index is -6.06. The summed E-state index contributed by atoms with van der Waals surface area (Å²) in [4.78, 5) is 0. The predicted molar refractivity (Wildman–Crippen MR) is 131 cm³/mol. The van der Waals surface area contributed by atoms with Crippen LogP contribution in [0.25, 0.3) is 11.1 Å². The summed E-state index contributed by atoms with van der Waals surface area (Å²) in [5, 5.41) is 14.7. The van der Waals surface area contributed by atoms with Gasteiger partial charge in [-0.05, 0) is 41.5 Å². The number of hydrazone groups is 1. The molecule has 0 saturated heterocycles. The van der Waals surface area contributed by atoms with Crippen molar-refractivity contribution in [1.82, 2.24) is 0 Å². The fraction of sp³-hybridized carbons (Fsp3) is 0.269. The highest BCUT2D eigenvalue weighted by atomic mass is 35.5. The maximum absolute atomic E-state index is 13.6. The van der Waals surface area contributed by atoms with Crippen LogP contribution < -0.4 is 14.5 Å². The molecule has 1 aliphatic heterocycles. The van der Waals surface area contributed by atoms with Crippen molar-refractivity contribution in [2.45, 2.75) is 30.4 Å². The Labute approximate surface area is 218 Å². The standard InChI is InChI=1S/C26H21ClF6N2O3/c1-37-17-11-12-22(38-2)18(13-17)15-7-9-16(10-8-15)21-14-23(24(36,25(28,29)30)26(31,32)33)34-35(21)20-6-4-3-5-19(20)27/h3-13,21,36H,14H2,1-2H3. The third-order valence-electron chi connectivity index (χ3n) is 6.26. The highest BCUT2D eigenvalue weighted by Gasteiger charge is 2.74. The highest BCUT2D eigenvalue weighted by molar-refractivity contribution is 6.33. The number of hydrogen-bond donors (Lipinski definition) is 1. The molecule has 0 spiro atoms. The first-order valence-corrected chi connectivity index (χ1v) is 11.5. The molecule has 0 bridgehead atoms. The molecule has 1 aliphatic rings. The first-order valence-electron chi connectivity index (χ1n) is 11.1. The third-order valence-corrected chi connectivity index (χ3v) is 6.58. The molecule has 0 radical (unpaired) electrons. The summed E-state index contributed by atoms with van der Waals surface area (Å²) >= 11 is 6.22. The van der Waals surface area contributed by atoms with Crippen LogP contribution in [0.5, 0.6) is 11.5 Å². The van der Waals surface area contributed by atoms with Crippen molar-refractivity contribution < 1.29 is 40.9 Å². The number of para-hydroxylation sites is 1. The Morgan fingerprint density at radius 3 is 2.08 bits per heavy atom. The molecule has 5 nitrogen and oxygen atoms in total. The zero-order valence-corrected chi connectivity index (χ0v) is 20.7. The van der Waals surface area contributed by atoms with Gasteiger partial charge in [-0.15, -0.1) is 0 Å². The average molecular weight is 559 g/mol. The van der Waals surface area contributed by atoms with E-state index in [0.717, 1.165) is 5.01 Å². The van der Waals surface area contributed by atoms with Crippen LogP contribution in [0.1, 0.15) is 18.0 Å². The maximum atomic E-state index is 13.6. The molecule has 0 amide bonds. The fourth-order valence-corrected chi connectivity index (χ4v) is 4.48. The van der Waals surface area contributed by atoms with Crippen molar-refractivity contribution in [2.75, 3.05) is 19.2 Å². The zero-order valence-electron chi connectivity index (χ0n) is 19.9. The lowest BCUT2D eigenvalue weighted by molar-refractivity contribution is -0.338. The van der Waals surface area contributed by atoms with Gasteiger partial charge in [0.05, 0.1) is 36.7 Å². The molecule has 1 atom stereocenters. The number of ether oxygens (including phenoxy) is 2. The molecule has 0 aliphatic carbocycles. The molecular weight excluding hydrogens is 538 g/mol. The van der Waals surface area contributed by atoms with E-state index in [-0.39, 0.29) is 10.7 Å². The fourth-order valence-electron chi connectivity index (χ4n) is 4.26. The smallest absolute Gasteiger partial charge is 0.431 e. The molecule has 4 rings (SSSR count). The van der Waals surface area contributed by atoms with Gasteiger partial charge in [0.2, 0.25) is 0 Å². The number of halogens is 7. The van der Waals surface area contributed by atoms with E-state index >= 15 is 0 Å². The van der Waals surface area contributed by atoms with Crippen molar-refractivity contribution in [1.29, 1.82) is 0 Å². The van der Waals surface area contributed by atoms with Gasteiger partial charge in [0.15, 0.2) is 0 Å². The molecule has 202 valence electrons. The van der Waals surface area contributed by atoms with Crippen molar-refractivity contribution in [2.24, 2.45) is 5.10 Å². The molecule has 38 heavy (non-hydrogen) atoms. The number of nitrogens with zero attached hydrogens (tertiary/aromatic N) is 2. The van der Waals surface area contributed by atoms with Crippen LogP contribution in [-0.2, 0) is 0 Å². The van der Waals surface area contributed by atoms with Crippen molar-refractivity contribution in [3.8, 4) is 22.6 Å². The number of rotatable bonds is 6. The lowest BCUT2D eigenvalue weighted by atomic mass is 9.89. The monoisotopic (exact) mass is 558 g/mol. The Kier molecular flexibility index (Phi) is 7.28. The Morgan fingerprint density at radius 1 is 0.895 bits per heavy atom. The van der Waals surface area contributed by atoms with Gasteiger partial charge >= 0.3 is 12.4 Å². The van der Waals surface area contributed by atoms with Gasteiger partial charge in [-0.1, -0.05) is 48.0 Å².